The fraction of sp³-hybridized carbons (Fsp3) is 0.944. The van der Waals surface area contributed by atoms with E-state index in [1.165, 1.54) is 180 Å². The first-order chi connectivity index (χ1) is 43.5. The average Bonchev–Trinajstić information content (AvgIpc) is 3.07. The highest BCUT2D eigenvalue weighted by atomic mass is 31.2. The highest BCUT2D eigenvalue weighted by Gasteiger charge is 2.30. The average molecular weight is 1330 g/mol. The van der Waals surface area contributed by atoms with Gasteiger partial charge in [0.05, 0.1) is 26.4 Å². The molecule has 534 valence electrons. The highest BCUT2D eigenvalue weighted by Crippen LogP contribution is 2.45. The first-order valence-electron chi connectivity index (χ1n) is 37.1. The highest BCUT2D eigenvalue weighted by molar-refractivity contribution is 7.47. The second-order valence-electron chi connectivity index (χ2n) is 26.1. The van der Waals surface area contributed by atoms with Gasteiger partial charge in [0, 0.05) is 25.7 Å². The minimum Gasteiger partial charge on any atom is -0.462 e. The summed E-state index contributed by atoms with van der Waals surface area (Å²) < 4.78 is 68.2. The molecule has 0 saturated heterocycles. The van der Waals surface area contributed by atoms with Gasteiger partial charge in [0.15, 0.2) is 12.2 Å². The van der Waals surface area contributed by atoms with Gasteiger partial charge in [-0.3, -0.25) is 37.3 Å². The van der Waals surface area contributed by atoms with Gasteiger partial charge in [0.1, 0.15) is 19.3 Å². The first kappa shape index (κ1) is 88.1. The molecular weight excluding hydrogens is 1190 g/mol. The number of phosphoric ester groups is 2. The normalized spacial score (nSPS) is 14.1. The Morgan fingerprint density at radius 3 is 0.756 bits per heavy atom. The monoisotopic (exact) mass is 1320 g/mol. The van der Waals surface area contributed by atoms with Gasteiger partial charge in [-0.1, -0.05) is 317 Å². The molecule has 0 aromatic rings. The summed E-state index contributed by atoms with van der Waals surface area (Å²) in [6, 6.07) is 0. The smallest absolute Gasteiger partial charge is 0.462 e. The number of aliphatic hydroxyl groups excluding tert-OH is 1. The third-order valence-corrected chi connectivity index (χ3v) is 18.4. The summed E-state index contributed by atoms with van der Waals surface area (Å²) in [5.74, 6) is -1.37. The lowest BCUT2D eigenvalue weighted by atomic mass is 10.0. The van der Waals surface area contributed by atoms with Gasteiger partial charge in [-0.15, -0.1) is 0 Å². The SMILES string of the molecule is CCCCCCCCCCCCCCCCCCCCCCC(=O)O[C@H](COC(=O)CCCCCCCCCCCCC(C)C)COP(=O)(O)OC[C@@H](O)COP(=O)(O)OC[C@@H](COC(=O)CCCCCCCCC)OC(=O)CCCCCCCCCCCC. The molecule has 0 rings (SSSR count). The predicted molar refractivity (Wildman–Crippen MR) is 363 cm³/mol. The van der Waals surface area contributed by atoms with E-state index >= 15 is 0 Å². The summed E-state index contributed by atoms with van der Waals surface area (Å²) in [6.07, 6.45) is 51.6. The van der Waals surface area contributed by atoms with Crippen molar-refractivity contribution in [3.8, 4) is 0 Å². The number of hydrogen-bond acceptors (Lipinski definition) is 15. The van der Waals surface area contributed by atoms with E-state index in [2.05, 4.69) is 34.6 Å². The molecule has 0 spiro atoms. The van der Waals surface area contributed by atoms with Crippen molar-refractivity contribution in [2.24, 2.45) is 5.92 Å². The third kappa shape index (κ3) is 64.8. The van der Waals surface area contributed by atoms with E-state index in [-0.39, 0.29) is 25.7 Å². The van der Waals surface area contributed by atoms with Crippen molar-refractivity contribution in [2.75, 3.05) is 39.6 Å². The van der Waals surface area contributed by atoms with Crippen molar-refractivity contribution < 1.29 is 80.2 Å². The van der Waals surface area contributed by atoms with Crippen LogP contribution in [-0.2, 0) is 65.4 Å². The summed E-state index contributed by atoms with van der Waals surface area (Å²) in [4.78, 5) is 72.4. The van der Waals surface area contributed by atoms with Crippen molar-refractivity contribution in [1.29, 1.82) is 0 Å². The van der Waals surface area contributed by atoms with E-state index in [4.69, 9.17) is 37.0 Å². The fourth-order valence-electron chi connectivity index (χ4n) is 10.8. The van der Waals surface area contributed by atoms with Crippen LogP contribution in [0, 0.1) is 5.92 Å². The van der Waals surface area contributed by atoms with Crippen LogP contribution in [0.25, 0.3) is 0 Å². The van der Waals surface area contributed by atoms with Gasteiger partial charge >= 0.3 is 39.5 Å². The molecule has 0 aromatic carbocycles. The van der Waals surface area contributed by atoms with Crippen molar-refractivity contribution in [2.45, 2.75) is 387 Å². The Hall–Kier alpha value is -1.94. The zero-order chi connectivity index (χ0) is 66.3. The van der Waals surface area contributed by atoms with Gasteiger partial charge < -0.3 is 33.8 Å². The predicted octanol–water partition coefficient (Wildman–Crippen LogP) is 20.5. The third-order valence-electron chi connectivity index (χ3n) is 16.5. The minimum atomic E-state index is -4.95. The van der Waals surface area contributed by atoms with Crippen LogP contribution in [0.2, 0.25) is 0 Å². The molecule has 0 aliphatic rings. The topological polar surface area (TPSA) is 237 Å². The lowest BCUT2D eigenvalue weighted by molar-refractivity contribution is -0.161. The van der Waals surface area contributed by atoms with Gasteiger partial charge in [-0.25, -0.2) is 9.13 Å². The maximum atomic E-state index is 13.0. The second-order valence-corrected chi connectivity index (χ2v) is 29.0. The number of phosphoric acid groups is 2. The summed E-state index contributed by atoms with van der Waals surface area (Å²) in [6.45, 7) is 7.20. The molecule has 3 N–H and O–H groups in total. The van der Waals surface area contributed by atoms with Gasteiger partial charge in [0.25, 0.3) is 0 Å². The molecule has 0 aromatic heterocycles. The number of aliphatic hydroxyl groups is 1. The summed E-state index contributed by atoms with van der Waals surface area (Å²) in [5, 5.41) is 10.6. The molecule has 0 bridgehead atoms. The number of rotatable bonds is 71. The number of unbranched alkanes of at least 4 members (excludes halogenated alkanes) is 43. The quantitative estimate of drug-likeness (QED) is 0.0222. The molecule has 5 atom stereocenters. The molecule has 19 heteroatoms. The zero-order valence-corrected chi connectivity index (χ0v) is 60.1. The Bertz CT molecular complexity index is 1740. The Morgan fingerprint density at radius 2 is 0.511 bits per heavy atom. The van der Waals surface area contributed by atoms with Gasteiger partial charge in [-0.2, -0.15) is 0 Å². The number of ether oxygens (including phenoxy) is 4. The van der Waals surface area contributed by atoms with Crippen molar-refractivity contribution >= 4 is 39.5 Å². The van der Waals surface area contributed by atoms with Crippen LogP contribution in [0.15, 0.2) is 0 Å². The van der Waals surface area contributed by atoms with E-state index in [0.717, 1.165) is 109 Å². The van der Waals surface area contributed by atoms with E-state index in [1.54, 1.807) is 0 Å². The molecule has 2 unspecified atom stereocenters. The van der Waals surface area contributed by atoms with E-state index in [9.17, 15) is 43.2 Å². The first-order valence-corrected chi connectivity index (χ1v) is 40.1. The number of carbonyl (C=O) groups is 4. The molecule has 0 aliphatic carbocycles. The van der Waals surface area contributed by atoms with Crippen molar-refractivity contribution in [3.05, 3.63) is 0 Å². The van der Waals surface area contributed by atoms with Crippen molar-refractivity contribution in [3.63, 3.8) is 0 Å². The van der Waals surface area contributed by atoms with Crippen LogP contribution in [0.5, 0.6) is 0 Å². The van der Waals surface area contributed by atoms with Gasteiger partial charge in [-0.05, 0) is 31.6 Å². The van der Waals surface area contributed by atoms with Crippen molar-refractivity contribution in [1.82, 2.24) is 0 Å². The molecule has 17 nitrogen and oxygen atoms in total. The van der Waals surface area contributed by atoms with Crippen LogP contribution < -0.4 is 0 Å². The van der Waals surface area contributed by atoms with E-state index in [0.29, 0.717) is 25.7 Å². The fourth-order valence-corrected chi connectivity index (χ4v) is 12.4. The van der Waals surface area contributed by atoms with Gasteiger partial charge in [0.2, 0.25) is 0 Å². The molecule has 0 heterocycles. The number of hydrogen-bond donors (Lipinski definition) is 3. The molecule has 0 fully saturated rings. The molecule has 0 aliphatic heterocycles. The Labute approximate surface area is 549 Å². The molecule has 90 heavy (non-hydrogen) atoms. The maximum Gasteiger partial charge on any atom is 0.472 e. The van der Waals surface area contributed by atoms with E-state index in [1.807, 2.05) is 0 Å². The molecule has 0 saturated carbocycles. The van der Waals surface area contributed by atoms with Crippen LogP contribution in [-0.4, -0.2) is 96.7 Å². The Balaban J connectivity index is 5.16. The summed E-state index contributed by atoms with van der Waals surface area (Å²) in [5.41, 5.74) is 0. The summed E-state index contributed by atoms with van der Waals surface area (Å²) >= 11 is 0. The number of carbonyl (C=O) groups excluding carboxylic acids is 4. The van der Waals surface area contributed by atoms with Crippen LogP contribution in [0.4, 0.5) is 0 Å². The Kier molecular flexibility index (Phi) is 63.0. The lowest BCUT2D eigenvalue weighted by Gasteiger charge is -2.21. The standard InChI is InChI=1S/C71H138O17P2/c1-6-9-12-15-18-20-22-23-24-25-26-27-28-29-30-31-37-42-47-52-57-71(76)88-67(61-82-69(74)55-50-45-40-36-33-32-34-39-43-48-53-64(4)5)63-86-90(79,80)84-59-65(72)58-83-89(77,78)85-62-66(60-81-68(73)54-49-44-38-17-14-11-8-3)87-70(75)56-51-46-41-35-21-19-16-13-10-7-2/h64-67,72H,6-63H2,1-5H3,(H,77,78)(H,79,80)/t65-,66+,67+/m0/s1. The lowest BCUT2D eigenvalue weighted by Crippen LogP contribution is -2.30. The van der Waals surface area contributed by atoms with Crippen LogP contribution >= 0.6 is 15.6 Å². The maximum absolute atomic E-state index is 13.0. The summed E-state index contributed by atoms with van der Waals surface area (Å²) in [7, 11) is -9.89. The Morgan fingerprint density at radius 1 is 0.300 bits per heavy atom. The van der Waals surface area contributed by atoms with Crippen LogP contribution in [0.3, 0.4) is 0 Å². The minimum absolute atomic E-state index is 0.106. The molecule has 0 amide bonds. The molecule has 0 radical (unpaired) electrons. The number of esters is 4. The second kappa shape index (κ2) is 64.4. The van der Waals surface area contributed by atoms with E-state index < -0.39 is 97.5 Å². The zero-order valence-electron chi connectivity index (χ0n) is 58.3. The largest absolute Gasteiger partial charge is 0.472 e. The molecular formula is C71H138O17P2. The van der Waals surface area contributed by atoms with Crippen LogP contribution in [0.1, 0.15) is 369 Å².